The summed E-state index contributed by atoms with van der Waals surface area (Å²) in [5.74, 6) is 0. The maximum Gasteiger partial charge on any atom is 0.207 e. The summed E-state index contributed by atoms with van der Waals surface area (Å²) >= 11 is 7.37. The predicted octanol–water partition coefficient (Wildman–Crippen LogP) is 2.10. The summed E-state index contributed by atoms with van der Waals surface area (Å²) < 4.78 is 1.72. The van der Waals surface area contributed by atoms with E-state index < -0.39 is 0 Å². The third kappa shape index (κ3) is 1.17. The molecule has 5 heteroatoms. The number of hydrogen-bond donors (Lipinski definition) is 0. The van der Waals surface area contributed by atoms with Gasteiger partial charge in [-0.25, -0.2) is 9.50 Å². The zero-order valence-corrected chi connectivity index (χ0v) is 7.93. The molecule has 0 aliphatic carbocycles. The monoisotopic (exact) mass is 199 g/mol. The van der Waals surface area contributed by atoms with Crippen molar-refractivity contribution in [2.75, 3.05) is 6.26 Å². The van der Waals surface area contributed by atoms with E-state index in [9.17, 15) is 0 Å². The molecule has 0 atom stereocenters. The molecule has 0 saturated carbocycles. The minimum Gasteiger partial charge on any atom is -0.235 e. The first-order valence-corrected chi connectivity index (χ1v) is 4.95. The molecule has 0 aliphatic rings. The van der Waals surface area contributed by atoms with Gasteiger partial charge in [-0.05, 0) is 12.3 Å². The van der Waals surface area contributed by atoms with Crippen molar-refractivity contribution in [3.8, 4) is 0 Å². The zero-order chi connectivity index (χ0) is 8.55. The highest BCUT2D eigenvalue weighted by atomic mass is 35.5. The summed E-state index contributed by atoms with van der Waals surface area (Å²) in [6.07, 6.45) is 5.48. The molecule has 0 unspecified atom stereocenters. The molecule has 12 heavy (non-hydrogen) atoms. The van der Waals surface area contributed by atoms with E-state index in [2.05, 4.69) is 10.1 Å². The highest BCUT2D eigenvalue weighted by molar-refractivity contribution is 7.98. The van der Waals surface area contributed by atoms with Crippen LogP contribution in [0.15, 0.2) is 23.6 Å². The summed E-state index contributed by atoms with van der Waals surface area (Å²) in [5.41, 5.74) is 0.842. The lowest BCUT2D eigenvalue weighted by molar-refractivity contribution is 0.799. The molecule has 2 aromatic heterocycles. The Balaban J connectivity index is 2.69. The van der Waals surface area contributed by atoms with E-state index in [0.717, 1.165) is 10.7 Å². The molecule has 0 saturated heterocycles. The van der Waals surface area contributed by atoms with E-state index in [0.29, 0.717) is 5.02 Å². The fourth-order valence-electron chi connectivity index (χ4n) is 0.947. The van der Waals surface area contributed by atoms with E-state index in [1.54, 1.807) is 16.8 Å². The molecular formula is C7H6ClN3S. The average Bonchev–Trinajstić information content (AvgIpc) is 2.47. The summed E-state index contributed by atoms with van der Waals surface area (Å²) in [4.78, 5) is 4.11. The van der Waals surface area contributed by atoms with Crippen LogP contribution in [-0.2, 0) is 0 Å². The Labute approximate surface area is 78.7 Å². The molecule has 0 amide bonds. The van der Waals surface area contributed by atoms with Crippen LogP contribution in [0.2, 0.25) is 5.02 Å². The van der Waals surface area contributed by atoms with E-state index in [1.165, 1.54) is 11.8 Å². The second-order valence-electron chi connectivity index (χ2n) is 2.24. The minimum absolute atomic E-state index is 0.683. The predicted molar refractivity (Wildman–Crippen MR) is 49.8 cm³/mol. The first-order valence-electron chi connectivity index (χ1n) is 3.35. The molecule has 2 aromatic rings. The molecule has 0 N–H and O–H groups in total. The average molecular weight is 200 g/mol. The fraction of sp³-hybridized carbons (Fsp3) is 0.143. The van der Waals surface area contributed by atoms with Crippen LogP contribution in [0.3, 0.4) is 0 Å². The van der Waals surface area contributed by atoms with Gasteiger partial charge in [0.25, 0.3) is 0 Å². The SMILES string of the molecule is CSc1ncc2c(Cl)ccn2n1. The van der Waals surface area contributed by atoms with Crippen molar-refractivity contribution in [2.45, 2.75) is 5.16 Å². The van der Waals surface area contributed by atoms with Crippen LogP contribution in [0.1, 0.15) is 0 Å². The van der Waals surface area contributed by atoms with Gasteiger partial charge in [0.2, 0.25) is 5.16 Å². The van der Waals surface area contributed by atoms with Gasteiger partial charge < -0.3 is 0 Å². The standard InChI is InChI=1S/C7H6ClN3S/c1-12-7-9-4-6-5(8)2-3-11(6)10-7/h2-4H,1H3. The van der Waals surface area contributed by atoms with Gasteiger partial charge in [0.05, 0.1) is 11.2 Å². The summed E-state index contributed by atoms with van der Waals surface area (Å²) in [5, 5.41) is 5.63. The first kappa shape index (κ1) is 7.89. The van der Waals surface area contributed by atoms with Gasteiger partial charge in [-0.1, -0.05) is 23.4 Å². The summed E-state index contributed by atoms with van der Waals surface area (Å²) in [7, 11) is 0. The van der Waals surface area contributed by atoms with Gasteiger partial charge in [0.1, 0.15) is 5.52 Å². The third-order valence-electron chi connectivity index (χ3n) is 1.53. The molecule has 2 rings (SSSR count). The quantitative estimate of drug-likeness (QED) is 0.659. The van der Waals surface area contributed by atoms with Crippen molar-refractivity contribution >= 4 is 28.9 Å². The number of rotatable bonds is 1. The van der Waals surface area contributed by atoms with E-state index in [4.69, 9.17) is 11.6 Å². The molecule has 0 spiro atoms. The van der Waals surface area contributed by atoms with Gasteiger partial charge in [-0.3, -0.25) is 0 Å². The van der Waals surface area contributed by atoms with E-state index in [1.807, 2.05) is 12.5 Å². The molecular weight excluding hydrogens is 194 g/mol. The smallest absolute Gasteiger partial charge is 0.207 e. The highest BCUT2D eigenvalue weighted by Gasteiger charge is 2.01. The van der Waals surface area contributed by atoms with Gasteiger partial charge in [-0.2, -0.15) is 0 Å². The summed E-state index contributed by atoms with van der Waals surface area (Å²) in [6.45, 7) is 0. The minimum atomic E-state index is 0.683. The van der Waals surface area contributed by atoms with E-state index in [-0.39, 0.29) is 0 Å². The Morgan fingerprint density at radius 1 is 1.58 bits per heavy atom. The first-order chi connectivity index (χ1) is 5.81. The number of hydrogen-bond acceptors (Lipinski definition) is 3. The van der Waals surface area contributed by atoms with Crippen molar-refractivity contribution in [1.29, 1.82) is 0 Å². The number of aromatic nitrogens is 3. The van der Waals surface area contributed by atoms with Crippen molar-refractivity contribution < 1.29 is 0 Å². The van der Waals surface area contributed by atoms with Gasteiger partial charge in [-0.15, -0.1) is 5.10 Å². The van der Waals surface area contributed by atoms with Crippen molar-refractivity contribution in [1.82, 2.24) is 14.6 Å². The highest BCUT2D eigenvalue weighted by Crippen LogP contribution is 2.17. The summed E-state index contributed by atoms with van der Waals surface area (Å²) in [6, 6.07) is 1.80. The van der Waals surface area contributed by atoms with Crippen LogP contribution in [0.25, 0.3) is 5.52 Å². The molecule has 62 valence electrons. The normalized spacial score (nSPS) is 10.8. The maximum atomic E-state index is 5.86. The molecule has 0 fully saturated rings. The van der Waals surface area contributed by atoms with Crippen LogP contribution in [0.5, 0.6) is 0 Å². The third-order valence-corrected chi connectivity index (χ3v) is 2.40. The van der Waals surface area contributed by atoms with E-state index >= 15 is 0 Å². The zero-order valence-electron chi connectivity index (χ0n) is 6.36. The Morgan fingerprint density at radius 2 is 2.42 bits per heavy atom. The Morgan fingerprint density at radius 3 is 3.17 bits per heavy atom. The maximum absolute atomic E-state index is 5.86. The molecule has 0 radical (unpaired) electrons. The van der Waals surface area contributed by atoms with Gasteiger partial charge >= 0.3 is 0 Å². The Kier molecular flexibility index (Phi) is 1.94. The Hall–Kier alpha value is -0.740. The molecule has 0 aromatic carbocycles. The molecule has 2 heterocycles. The van der Waals surface area contributed by atoms with Crippen LogP contribution in [0, 0.1) is 0 Å². The largest absolute Gasteiger partial charge is 0.235 e. The van der Waals surface area contributed by atoms with Crippen LogP contribution in [-0.4, -0.2) is 20.9 Å². The lowest BCUT2D eigenvalue weighted by atomic mass is 10.5. The van der Waals surface area contributed by atoms with Crippen LogP contribution in [0.4, 0.5) is 0 Å². The fourth-order valence-corrected chi connectivity index (χ4v) is 1.47. The van der Waals surface area contributed by atoms with Crippen molar-refractivity contribution in [2.24, 2.45) is 0 Å². The lowest BCUT2D eigenvalue weighted by Crippen LogP contribution is -1.93. The number of halogens is 1. The Bertz CT molecular complexity index is 412. The van der Waals surface area contributed by atoms with Crippen molar-refractivity contribution in [3.63, 3.8) is 0 Å². The van der Waals surface area contributed by atoms with Crippen LogP contribution >= 0.6 is 23.4 Å². The number of fused-ring (bicyclic) bond motifs is 1. The second-order valence-corrected chi connectivity index (χ2v) is 3.42. The number of thioether (sulfide) groups is 1. The van der Waals surface area contributed by atoms with Crippen LogP contribution < -0.4 is 0 Å². The topological polar surface area (TPSA) is 30.2 Å². The molecule has 3 nitrogen and oxygen atoms in total. The van der Waals surface area contributed by atoms with Gasteiger partial charge in [0, 0.05) is 6.20 Å². The molecule has 0 aliphatic heterocycles. The lowest BCUT2D eigenvalue weighted by Gasteiger charge is -1.95. The van der Waals surface area contributed by atoms with Gasteiger partial charge in [0.15, 0.2) is 0 Å². The number of nitrogens with zero attached hydrogens (tertiary/aromatic N) is 3. The second kappa shape index (κ2) is 2.95. The molecule has 0 bridgehead atoms. The van der Waals surface area contributed by atoms with Crippen molar-refractivity contribution in [3.05, 3.63) is 23.5 Å².